The number of carboxylic acid groups (broad SMARTS) is 3. The Morgan fingerprint density at radius 2 is 1.78 bits per heavy atom. The van der Waals surface area contributed by atoms with Crippen molar-refractivity contribution in [2.75, 3.05) is 6.61 Å². The van der Waals surface area contributed by atoms with Crippen molar-refractivity contribution in [3.63, 3.8) is 0 Å². The predicted molar refractivity (Wildman–Crippen MR) is 92.7 cm³/mol. The highest BCUT2D eigenvalue weighted by Crippen LogP contribution is 2.55. The molecular formula is C19H28O8. The first-order valence-electron chi connectivity index (χ1n) is 9.35. The van der Waals surface area contributed by atoms with Gasteiger partial charge in [-0.3, -0.25) is 19.2 Å². The Hall–Kier alpha value is -2.12. The molecular weight excluding hydrogens is 356 g/mol. The van der Waals surface area contributed by atoms with Crippen LogP contribution in [-0.2, 0) is 23.9 Å². The molecule has 1 saturated heterocycles. The third-order valence-electron chi connectivity index (χ3n) is 6.55. The van der Waals surface area contributed by atoms with Gasteiger partial charge in [-0.1, -0.05) is 20.8 Å². The SMILES string of the molecule is CC(C)C1C(=O)OCC1(CC(=O)O)C1CCC(C(C)C(=O)O)CC1C(=O)O. The zero-order chi connectivity index (χ0) is 20.5. The summed E-state index contributed by atoms with van der Waals surface area (Å²) in [4.78, 5) is 47.3. The second-order valence-corrected chi connectivity index (χ2v) is 8.38. The Morgan fingerprint density at radius 1 is 1.15 bits per heavy atom. The van der Waals surface area contributed by atoms with Crippen molar-refractivity contribution in [3.8, 4) is 0 Å². The molecule has 1 aliphatic carbocycles. The first kappa shape index (κ1) is 21.2. The van der Waals surface area contributed by atoms with E-state index in [2.05, 4.69) is 0 Å². The molecule has 0 amide bonds. The van der Waals surface area contributed by atoms with Crippen molar-refractivity contribution in [1.82, 2.24) is 0 Å². The van der Waals surface area contributed by atoms with E-state index in [-0.39, 0.29) is 31.3 Å². The summed E-state index contributed by atoms with van der Waals surface area (Å²) >= 11 is 0. The van der Waals surface area contributed by atoms with Crippen LogP contribution in [0.3, 0.4) is 0 Å². The fourth-order valence-electron chi connectivity index (χ4n) is 5.29. The third-order valence-corrected chi connectivity index (χ3v) is 6.55. The number of carboxylic acids is 3. The Kier molecular flexibility index (Phi) is 6.17. The summed E-state index contributed by atoms with van der Waals surface area (Å²) in [6, 6.07) is 0. The number of carbonyl (C=O) groups excluding carboxylic acids is 1. The number of carbonyl (C=O) groups is 4. The average molecular weight is 384 g/mol. The summed E-state index contributed by atoms with van der Waals surface area (Å²) in [5.74, 6) is -6.92. The predicted octanol–water partition coefficient (Wildman–Crippen LogP) is 2.11. The van der Waals surface area contributed by atoms with E-state index < -0.39 is 53.0 Å². The van der Waals surface area contributed by atoms with Crippen LogP contribution in [0.2, 0.25) is 0 Å². The summed E-state index contributed by atoms with van der Waals surface area (Å²) in [5.41, 5.74) is -1.09. The van der Waals surface area contributed by atoms with Crippen molar-refractivity contribution >= 4 is 23.9 Å². The Balaban J connectivity index is 2.43. The smallest absolute Gasteiger partial charge is 0.309 e. The Morgan fingerprint density at radius 3 is 2.26 bits per heavy atom. The van der Waals surface area contributed by atoms with E-state index in [1.165, 1.54) is 0 Å². The molecule has 1 aliphatic heterocycles. The summed E-state index contributed by atoms with van der Waals surface area (Å²) < 4.78 is 5.25. The van der Waals surface area contributed by atoms with Gasteiger partial charge in [0.2, 0.25) is 0 Å². The van der Waals surface area contributed by atoms with Gasteiger partial charge in [0.1, 0.15) is 0 Å². The molecule has 1 heterocycles. The highest BCUT2D eigenvalue weighted by Gasteiger charge is 2.60. The lowest BCUT2D eigenvalue weighted by Gasteiger charge is -2.46. The number of hydrogen-bond donors (Lipinski definition) is 3. The first-order valence-corrected chi connectivity index (χ1v) is 9.35. The van der Waals surface area contributed by atoms with E-state index in [0.717, 1.165) is 0 Å². The van der Waals surface area contributed by atoms with Crippen LogP contribution in [0.15, 0.2) is 0 Å². The monoisotopic (exact) mass is 384 g/mol. The maximum absolute atomic E-state index is 12.4. The zero-order valence-corrected chi connectivity index (χ0v) is 15.9. The van der Waals surface area contributed by atoms with Gasteiger partial charge in [-0.05, 0) is 37.0 Å². The topological polar surface area (TPSA) is 138 Å². The summed E-state index contributed by atoms with van der Waals surface area (Å²) in [6.07, 6.45) is 0.678. The second kappa shape index (κ2) is 7.86. The van der Waals surface area contributed by atoms with Gasteiger partial charge in [0, 0.05) is 5.41 Å². The highest BCUT2D eigenvalue weighted by molar-refractivity contribution is 5.79. The molecule has 0 radical (unpaired) electrons. The van der Waals surface area contributed by atoms with Crippen LogP contribution in [0.4, 0.5) is 0 Å². The Bertz CT molecular complexity index is 627. The molecule has 27 heavy (non-hydrogen) atoms. The molecule has 2 aliphatic rings. The van der Waals surface area contributed by atoms with Gasteiger partial charge in [0.15, 0.2) is 0 Å². The second-order valence-electron chi connectivity index (χ2n) is 8.38. The van der Waals surface area contributed by atoms with Gasteiger partial charge in [-0.15, -0.1) is 0 Å². The van der Waals surface area contributed by atoms with Crippen LogP contribution >= 0.6 is 0 Å². The van der Waals surface area contributed by atoms with Crippen LogP contribution in [0.5, 0.6) is 0 Å². The molecule has 0 aromatic rings. The Labute approximate surface area is 157 Å². The summed E-state index contributed by atoms with van der Waals surface area (Å²) in [5, 5.41) is 28.6. The lowest BCUT2D eigenvalue weighted by atomic mass is 9.54. The minimum atomic E-state index is -1.09. The molecule has 0 aromatic heterocycles. The van der Waals surface area contributed by atoms with Gasteiger partial charge in [0.25, 0.3) is 0 Å². The summed E-state index contributed by atoms with van der Waals surface area (Å²) in [7, 11) is 0. The molecule has 0 bridgehead atoms. The van der Waals surface area contributed by atoms with Gasteiger partial charge in [0.05, 0.1) is 30.8 Å². The van der Waals surface area contributed by atoms with E-state index >= 15 is 0 Å². The molecule has 2 rings (SSSR count). The molecule has 6 atom stereocenters. The van der Waals surface area contributed by atoms with Crippen LogP contribution in [0.1, 0.15) is 46.5 Å². The minimum absolute atomic E-state index is 0.103. The molecule has 8 heteroatoms. The standard InChI is InChI=1S/C19H28O8/c1-9(2)15-18(26)27-8-19(15,7-14(20)21)13-5-4-11(10(3)16(22)23)6-12(13)17(24)25/h9-13,15H,4-8H2,1-3H3,(H,20,21)(H,22,23)(H,24,25). The third kappa shape index (κ3) is 3.94. The number of rotatable bonds is 7. The zero-order valence-electron chi connectivity index (χ0n) is 15.9. The summed E-state index contributed by atoms with van der Waals surface area (Å²) in [6.45, 7) is 5.08. The van der Waals surface area contributed by atoms with Crippen molar-refractivity contribution in [3.05, 3.63) is 0 Å². The minimum Gasteiger partial charge on any atom is -0.481 e. The van der Waals surface area contributed by atoms with Crippen molar-refractivity contribution in [2.45, 2.75) is 46.5 Å². The lowest BCUT2D eigenvalue weighted by molar-refractivity contribution is -0.157. The van der Waals surface area contributed by atoms with Gasteiger partial charge in [-0.2, -0.15) is 0 Å². The largest absolute Gasteiger partial charge is 0.481 e. The quantitative estimate of drug-likeness (QED) is 0.567. The van der Waals surface area contributed by atoms with Gasteiger partial charge < -0.3 is 20.1 Å². The fraction of sp³-hybridized carbons (Fsp3) is 0.789. The number of hydrogen-bond acceptors (Lipinski definition) is 5. The fourth-order valence-corrected chi connectivity index (χ4v) is 5.29. The highest BCUT2D eigenvalue weighted by atomic mass is 16.5. The number of ether oxygens (including phenoxy) is 1. The van der Waals surface area contributed by atoms with E-state index in [0.29, 0.717) is 12.8 Å². The van der Waals surface area contributed by atoms with E-state index in [4.69, 9.17) is 4.74 Å². The van der Waals surface area contributed by atoms with Gasteiger partial charge in [-0.25, -0.2) is 0 Å². The lowest BCUT2D eigenvalue weighted by Crippen LogP contribution is -2.49. The van der Waals surface area contributed by atoms with Crippen LogP contribution < -0.4 is 0 Å². The number of esters is 1. The van der Waals surface area contributed by atoms with Crippen LogP contribution in [0, 0.1) is 40.9 Å². The van der Waals surface area contributed by atoms with E-state index in [1.54, 1.807) is 6.92 Å². The van der Waals surface area contributed by atoms with E-state index in [9.17, 15) is 34.5 Å². The number of aliphatic carboxylic acids is 3. The number of cyclic esters (lactones) is 1. The molecule has 0 spiro atoms. The molecule has 6 unspecified atom stereocenters. The molecule has 1 saturated carbocycles. The van der Waals surface area contributed by atoms with Crippen LogP contribution in [-0.4, -0.2) is 45.8 Å². The van der Waals surface area contributed by atoms with Crippen LogP contribution in [0.25, 0.3) is 0 Å². The maximum atomic E-state index is 12.4. The van der Waals surface area contributed by atoms with Gasteiger partial charge >= 0.3 is 23.9 Å². The molecule has 2 fully saturated rings. The van der Waals surface area contributed by atoms with Crippen molar-refractivity contribution in [2.24, 2.45) is 40.9 Å². The first-order chi connectivity index (χ1) is 12.5. The van der Waals surface area contributed by atoms with Crippen molar-refractivity contribution < 1.29 is 39.2 Å². The molecule has 3 N–H and O–H groups in total. The normalized spacial score (nSPS) is 34.9. The van der Waals surface area contributed by atoms with Crippen molar-refractivity contribution in [1.29, 1.82) is 0 Å². The van der Waals surface area contributed by atoms with E-state index in [1.807, 2.05) is 13.8 Å². The molecule has 8 nitrogen and oxygen atoms in total. The molecule has 152 valence electrons. The average Bonchev–Trinajstić information content (AvgIpc) is 2.90. The maximum Gasteiger partial charge on any atom is 0.309 e. The molecule has 0 aromatic carbocycles.